The number of carboxylic acid groups (broad SMARTS) is 1. The van der Waals surface area contributed by atoms with Gasteiger partial charge in [0.1, 0.15) is 6.04 Å². The number of carboxylic acids is 1. The predicted octanol–water partition coefficient (Wildman–Crippen LogP) is 1.37. The smallest absolute Gasteiger partial charge is 0.326 e. The van der Waals surface area contributed by atoms with E-state index >= 15 is 0 Å². The molecule has 116 valence electrons. The van der Waals surface area contributed by atoms with Crippen molar-refractivity contribution in [1.29, 1.82) is 0 Å². The summed E-state index contributed by atoms with van der Waals surface area (Å²) in [6, 6.07) is -0.877. The maximum absolute atomic E-state index is 12.3. The van der Waals surface area contributed by atoms with Gasteiger partial charge in [0.2, 0.25) is 0 Å². The zero-order chi connectivity index (χ0) is 15.1. The fraction of sp³-hybridized carbons (Fsp3) is 0.857. The van der Waals surface area contributed by atoms with Gasteiger partial charge in [-0.05, 0) is 32.9 Å². The van der Waals surface area contributed by atoms with Crippen LogP contribution in [0.15, 0.2) is 0 Å². The summed E-state index contributed by atoms with van der Waals surface area (Å²) in [4.78, 5) is 27.5. The van der Waals surface area contributed by atoms with Crippen LogP contribution in [0.2, 0.25) is 0 Å². The highest BCUT2D eigenvalue weighted by Gasteiger charge is 2.28. The largest absolute Gasteiger partial charge is 0.480 e. The van der Waals surface area contributed by atoms with Crippen molar-refractivity contribution in [3.8, 4) is 0 Å². The molecule has 1 fully saturated rings. The van der Waals surface area contributed by atoms with E-state index in [2.05, 4.69) is 24.2 Å². The lowest BCUT2D eigenvalue weighted by atomic mass is 10.1. The fourth-order valence-electron chi connectivity index (χ4n) is 2.64. The molecule has 1 aliphatic heterocycles. The highest BCUT2D eigenvalue weighted by atomic mass is 16.4. The summed E-state index contributed by atoms with van der Waals surface area (Å²) in [5, 5.41) is 11.8. The van der Waals surface area contributed by atoms with Crippen LogP contribution in [0, 0.1) is 0 Å². The molecule has 0 aromatic carbocycles. The molecule has 1 saturated heterocycles. The van der Waals surface area contributed by atoms with Gasteiger partial charge < -0.3 is 20.2 Å². The number of rotatable bonds is 5. The highest BCUT2D eigenvalue weighted by molar-refractivity contribution is 5.82. The van der Waals surface area contributed by atoms with Crippen LogP contribution in [-0.2, 0) is 4.79 Å². The summed E-state index contributed by atoms with van der Waals surface area (Å²) < 4.78 is 0. The SMILES string of the molecule is CCC[C@H](NC(=O)N1CCCN(C)CC1CC)C(=O)O. The van der Waals surface area contributed by atoms with E-state index in [-0.39, 0.29) is 12.1 Å². The molecule has 0 aromatic rings. The van der Waals surface area contributed by atoms with Crippen LogP contribution in [0.4, 0.5) is 4.79 Å². The second-order valence-electron chi connectivity index (χ2n) is 5.50. The molecule has 0 spiro atoms. The molecule has 0 aromatic heterocycles. The third-order valence-corrected chi connectivity index (χ3v) is 3.81. The number of aliphatic carboxylic acids is 1. The first-order chi connectivity index (χ1) is 9.49. The summed E-state index contributed by atoms with van der Waals surface area (Å²) in [5.74, 6) is -0.958. The lowest BCUT2D eigenvalue weighted by Crippen LogP contribution is -2.52. The minimum atomic E-state index is -0.958. The quantitative estimate of drug-likeness (QED) is 0.800. The molecule has 2 atom stereocenters. The molecule has 6 nitrogen and oxygen atoms in total. The Hall–Kier alpha value is -1.30. The van der Waals surface area contributed by atoms with Gasteiger partial charge in [0.05, 0.1) is 0 Å². The van der Waals surface area contributed by atoms with Gasteiger partial charge in [-0.2, -0.15) is 0 Å². The molecular weight excluding hydrogens is 258 g/mol. The van der Waals surface area contributed by atoms with E-state index in [4.69, 9.17) is 5.11 Å². The molecule has 1 rings (SSSR count). The third kappa shape index (κ3) is 4.67. The monoisotopic (exact) mass is 285 g/mol. The van der Waals surface area contributed by atoms with Gasteiger partial charge in [0.15, 0.2) is 0 Å². The molecule has 1 unspecified atom stereocenters. The van der Waals surface area contributed by atoms with Crippen molar-refractivity contribution in [2.45, 2.75) is 51.6 Å². The van der Waals surface area contributed by atoms with Gasteiger partial charge in [0, 0.05) is 19.1 Å². The topological polar surface area (TPSA) is 72.9 Å². The number of hydrogen-bond donors (Lipinski definition) is 2. The van der Waals surface area contributed by atoms with E-state index in [1.807, 2.05) is 6.92 Å². The molecule has 6 heteroatoms. The zero-order valence-corrected chi connectivity index (χ0v) is 12.8. The Kier molecular flexibility index (Phi) is 6.78. The van der Waals surface area contributed by atoms with E-state index < -0.39 is 12.0 Å². The number of hydrogen-bond acceptors (Lipinski definition) is 3. The van der Waals surface area contributed by atoms with Crippen molar-refractivity contribution in [2.24, 2.45) is 0 Å². The number of nitrogens with zero attached hydrogens (tertiary/aromatic N) is 2. The van der Waals surface area contributed by atoms with Crippen LogP contribution in [0.1, 0.15) is 39.5 Å². The summed E-state index contributed by atoms with van der Waals surface area (Å²) in [7, 11) is 2.06. The number of urea groups is 1. The first-order valence-electron chi connectivity index (χ1n) is 7.48. The van der Waals surface area contributed by atoms with Crippen LogP contribution in [0.25, 0.3) is 0 Å². The Morgan fingerprint density at radius 1 is 1.35 bits per heavy atom. The average molecular weight is 285 g/mol. The predicted molar refractivity (Wildman–Crippen MR) is 77.8 cm³/mol. The van der Waals surface area contributed by atoms with Gasteiger partial charge in [0.25, 0.3) is 0 Å². The zero-order valence-electron chi connectivity index (χ0n) is 12.8. The van der Waals surface area contributed by atoms with E-state index in [1.54, 1.807) is 4.90 Å². The number of carbonyl (C=O) groups excluding carboxylic acids is 1. The van der Waals surface area contributed by atoms with Crippen molar-refractivity contribution in [3.63, 3.8) is 0 Å². The summed E-state index contributed by atoms with van der Waals surface area (Å²) in [6.07, 6.45) is 3.00. The van der Waals surface area contributed by atoms with E-state index in [0.29, 0.717) is 13.0 Å². The van der Waals surface area contributed by atoms with Crippen molar-refractivity contribution >= 4 is 12.0 Å². The Bertz CT molecular complexity index is 336. The molecule has 0 aliphatic carbocycles. The van der Waals surface area contributed by atoms with Crippen LogP contribution in [0.3, 0.4) is 0 Å². The summed E-state index contributed by atoms with van der Waals surface area (Å²) in [6.45, 7) is 6.48. The number of likely N-dealkylation sites (N-methyl/N-ethyl adjacent to an activating group) is 1. The minimum absolute atomic E-state index is 0.151. The highest BCUT2D eigenvalue weighted by Crippen LogP contribution is 2.12. The van der Waals surface area contributed by atoms with E-state index in [9.17, 15) is 9.59 Å². The standard InChI is InChI=1S/C14H27N3O3/c1-4-7-12(13(18)19)15-14(20)17-9-6-8-16(3)10-11(17)5-2/h11-12H,4-10H2,1-3H3,(H,15,20)(H,18,19)/t11?,12-/m0/s1. The lowest BCUT2D eigenvalue weighted by molar-refractivity contribution is -0.139. The maximum atomic E-state index is 12.3. The van der Waals surface area contributed by atoms with Crippen molar-refractivity contribution in [1.82, 2.24) is 15.1 Å². The Morgan fingerprint density at radius 3 is 2.60 bits per heavy atom. The van der Waals surface area contributed by atoms with Gasteiger partial charge >= 0.3 is 12.0 Å². The number of nitrogens with one attached hydrogen (secondary N) is 1. The Balaban J connectivity index is 2.69. The average Bonchev–Trinajstić information content (AvgIpc) is 2.59. The Morgan fingerprint density at radius 2 is 2.05 bits per heavy atom. The second-order valence-corrected chi connectivity index (χ2v) is 5.50. The van der Waals surface area contributed by atoms with Crippen LogP contribution in [0.5, 0.6) is 0 Å². The normalized spacial score (nSPS) is 22.1. The number of amides is 2. The van der Waals surface area contributed by atoms with E-state index in [1.165, 1.54) is 0 Å². The number of carbonyl (C=O) groups is 2. The molecule has 0 bridgehead atoms. The van der Waals surface area contributed by atoms with Crippen molar-refractivity contribution < 1.29 is 14.7 Å². The van der Waals surface area contributed by atoms with Gasteiger partial charge in [-0.3, -0.25) is 0 Å². The first-order valence-corrected chi connectivity index (χ1v) is 7.48. The summed E-state index contributed by atoms with van der Waals surface area (Å²) in [5.41, 5.74) is 0. The van der Waals surface area contributed by atoms with Crippen molar-refractivity contribution in [3.05, 3.63) is 0 Å². The Labute approximate surface area is 121 Å². The van der Waals surface area contributed by atoms with Gasteiger partial charge in [-0.25, -0.2) is 9.59 Å². The van der Waals surface area contributed by atoms with Gasteiger partial charge in [-0.15, -0.1) is 0 Å². The second kappa shape index (κ2) is 8.09. The maximum Gasteiger partial charge on any atom is 0.326 e. The molecule has 1 aliphatic rings. The van der Waals surface area contributed by atoms with Crippen LogP contribution >= 0.6 is 0 Å². The molecule has 2 amide bonds. The first kappa shape index (κ1) is 16.8. The molecule has 2 N–H and O–H groups in total. The third-order valence-electron chi connectivity index (χ3n) is 3.81. The van der Waals surface area contributed by atoms with Crippen LogP contribution in [-0.4, -0.2) is 65.7 Å². The molecule has 1 heterocycles. The van der Waals surface area contributed by atoms with Crippen LogP contribution < -0.4 is 5.32 Å². The molecular formula is C14H27N3O3. The molecule has 0 saturated carbocycles. The molecule has 0 radical (unpaired) electrons. The molecule has 20 heavy (non-hydrogen) atoms. The fourth-order valence-corrected chi connectivity index (χ4v) is 2.64. The summed E-state index contributed by atoms with van der Waals surface area (Å²) >= 11 is 0. The lowest BCUT2D eigenvalue weighted by Gasteiger charge is -2.31. The van der Waals surface area contributed by atoms with E-state index in [0.717, 1.165) is 32.4 Å². The van der Waals surface area contributed by atoms with Crippen molar-refractivity contribution in [2.75, 3.05) is 26.7 Å². The van der Waals surface area contributed by atoms with Gasteiger partial charge in [-0.1, -0.05) is 20.3 Å². The minimum Gasteiger partial charge on any atom is -0.480 e.